The monoisotopic (exact) mass is 257 g/mol. The standard InChI is InChI=1S/C19H15N/c20-14-10-11-17-18(12-14)15-8-4-5-9-16(15)19(17)13-6-2-1-3-7-13/h1-12,19H,20H2. The molecule has 0 saturated heterocycles. The lowest BCUT2D eigenvalue weighted by molar-refractivity contribution is 1.02. The maximum Gasteiger partial charge on any atom is 0.0352 e. The van der Waals surface area contributed by atoms with Crippen molar-refractivity contribution in [2.45, 2.75) is 5.92 Å². The molecule has 0 aliphatic heterocycles. The minimum Gasteiger partial charge on any atom is -0.399 e. The van der Waals surface area contributed by atoms with Crippen molar-refractivity contribution in [3.63, 3.8) is 0 Å². The third-order valence-corrected chi connectivity index (χ3v) is 4.08. The van der Waals surface area contributed by atoms with Gasteiger partial charge in [0.15, 0.2) is 0 Å². The van der Waals surface area contributed by atoms with E-state index in [0.717, 1.165) is 5.69 Å². The van der Waals surface area contributed by atoms with Gasteiger partial charge in [-0.2, -0.15) is 0 Å². The Morgan fingerprint density at radius 3 is 2.20 bits per heavy atom. The highest BCUT2D eigenvalue weighted by atomic mass is 14.5. The van der Waals surface area contributed by atoms with Gasteiger partial charge in [-0.05, 0) is 39.9 Å². The van der Waals surface area contributed by atoms with Crippen molar-refractivity contribution in [3.8, 4) is 11.1 Å². The van der Waals surface area contributed by atoms with Crippen molar-refractivity contribution in [1.29, 1.82) is 0 Å². The van der Waals surface area contributed by atoms with E-state index in [0.29, 0.717) is 5.92 Å². The fraction of sp³-hybridized carbons (Fsp3) is 0.0526. The Labute approximate surface area is 118 Å². The number of hydrogen-bond donors (Lipinski definition) is 1. The highest BCUT2D eigenvalue weighted by Gasteiger charge is 2.29. The van der Waals surface area contributed by atoms with Crippen molar-refractivity contribution in [2.75, 3.05) is 5.73 Å². The summed E-state index contributed by atoms with van der Waals surface area (Å²) in [6, 6.07) is 25.6. The third-order valence-electron chi connectivity index (χ3n) is 4.08. The first-order valence-corrected chi connectivity index (χ1v) is 6.88. The lowest BCUT2D eigenvalue weighted by Gasteiger charge is -2.14. The van der Waals surface area contributed by atoms with E-state index in [4.69, 9.17) is 5.73 Å². The molecule has 0 bridgehead atoms. The Morgan fingerprint density at radius 2 is 1.35 bits per heavy atom. The average molecular weight is 257 g/mol. The molecule has 3 aromatic rings. The Kier molecular flexibility index (Phi) is 2.40. The minimum atomic E-state index is 0.322. The van der Waals surface area contributed by atoms with Crippen LogP contribution >= 0.6 is 0 Å². The van der Waals surface area contributed by atoms with Crippen LogP contribution in [0.2, 0.25) is 0 Å². The van der Waals surface area contributed by atoms with Crippen LogP contribution in [0.15, 0.2) is 72.8 Å². The van der Waals surface area contributed by atoms with Crippen molar-refractivity contribution in [1.82, 2.24) is 0 Å². The molecule has 2 N–H and O–H groups in total. The lowest BCUT2D eigenvalue weighted by Crippen LogP contribution is -1.98. The van der Waals surface area contributed by atoms with Gasteiger partial charge in [-0.3, -0.25) is 0 Å². The molecule has 1 nitrogen and oxygen atoms in total. The molecule has 4 rings (SSSR count). The van der Waals surface area contributed by atoms with Crippen LogP contribution in [0.3, 0.4) is 0 Å². The number of benzene rings is 3. The Balaban J connectivity index is 2.02. The molecule has 0 amide bonds. The molecule has 1 atom stereocenters. The zero-order valence-corrected chi connectivity index (χ0v) is 11.1. The molecule has 0 spiro atoms. The van der Waals surface area contributed by atoms with Crippen molar-refractivity contribution in [3.05, 3.63) is 89.5 Å². The van der Waals surface area contributed by atoms with Crippen molar-refractivity contribution in [2.24, 2.45) is 0 Å². The Bertz CT molecular complexity index is 775. The van der Waals surface area contributed by atoms with Gasteiger partial charge in [0.1, 0.15) is 0 Å². The highest BCUT2D eigenvalue weighted by Crippen LogP contribution is 2.48. The summed E-state index contributed by atoms with van der Waals surface area (Å²) in [6.45, 7) is 0. The number of fused-ring (bicyclic) bond motifs is 3. The van der Waals surface area contributed by atoms with Gasteiger partial charge in [0.2, 0.25) is 0 Å². The van der Waals surface area contributed by atoms with Crippen LogP contribution in [-0.2, 0) is 0 Å². The predicted octanol–water partition coefficient (Wildman–Crippen LogP) is 4.43. The van der Waals surface area contributed by atoms with Gasteiger partial charge in [-0.1, -0.05) is 60.7 Å². The summed E-state index contributed by atoms with van der Waals surface area (Å²) in [5.74, 6) is 0.322. The van der Waals surface area contributed by atoms with Crippen LogP contribution in [0.1, 0.15) is 22.6 Å². The molecule has 0 aromatic heterocycles. The van der Waals surface area contributed by atoms with Gasteiger partial charge in [0.25, 0.3) is 0 Å². The zero-order chi connectivity index (χ0) is 13.5. The topological polar surface area (TPSA) is 26.0 Å². The number of nitrogen functional groups attached to an aromatic ring is 1. The normalized spacial score (nSPS) is 15.7. The Morgan fingerprint density at radius 1 is 0.650 bits per heavy atom. The van der Waals surface area contributed by atoms with E-state index in [2.05, 4.69) is 66.7 Å². The second-order valence-electron chi connectivity index (χ2n) is 5.28. The van der Waals surface area contributed by atoms with Crippen LogP contribution in [0.5, 0.6) is 0 Å². The molecule has 0 fully saturated rings. The first-order chi connectivity index (χ1) is 9.84. The van der Waals surface area contributed by atoms with E-state index in [1.54, 1.807) is 0 Å². The smallest absolute Gasteiger partial charge is 0.0352 e. The summed E-state index contributed by atoms with van der Waals surface area (Å²) < 4.78 is 0. The molecule has 1 heteroatoms. The van der Waals surface area contributed by atoms with Crippen molar-refractivity contribution >= 4 is 5.69 Å². The summed E-state index contributed by atoms with van der Waals surface area (Å²) in [7, 11) is 0. The SMILES string of the molecule is Nc1ccc2c(c1)-c1ccccc1C2c1ccccc1. The first kappa shape index (κ1) is 11.3. The van der Waals surface area contributed by atoms with Crippen LogP contribution in [0.25, 0.3) is 11.1 Å². The quantitative estimate of drug-likeness (QED) is 0.502. The summed E-state index contributed by atoms with van der Waals surface area (Å²) >= 11 is 0. The Hall–Kier alpha value is -2.54. The largest absolute Gasteiger partial charge is 0.399 e. The highest BCUT2D eigenvalue weighted by molar-refractivity contribution is 5.82. The number of anilines is 1. The van der Waals surface area contributed by atoms with Crippen LogP contribution < -0.4 is 5.73 Å². The zero-order valence-electron chi connectivity index (χ0n) is 11.1. The van der Waals surface area contributed by atoms with E-state index >= 15 is 0 Å². The molecule has 20 heavy (non-hydrogen) atoms. The summed E-state index contributed by atoms with van der Waals surface area (Å²) in [5.41, 5.74) is 13.4. The molecular formula is C19H15N. The van der Waals surface area contributed by atoms with Crippen LogP contribution in [0.4, 0.5) is 5.69 Å². The van der Waals surface area contributed by atoms with E-state index in [1.807, 2.05) is 6.07 Å². The third kappa shape index (κ3) is 1.56. The number of nitrogens with two attached hydrogens (primary N) is 1. The molecule has 1 aliphatic rings. The molecule has 1 unspecified atom stereocenters. The van der Waals surface area contributed by atoms with E-state index in [1.165, 1.54) is 27.8 Å². The van der Waals surface area contributed by atoms with E-state index < -0.39 is 0 Å². The molecule has 96 valence electrons. The summed E-state index contributed by atoms with van der Waals surface area (Å²) in [6.07, 6.45) is 0. The van der Waals surface area contributed by atoms with E-state index in [9.17, 15) is 0 Å². The molecule has 0 heterocycles. The second kappa shape index (κ2) is 4.24. The second-order valence-corrected chi connectivity index (χ2v) is 5.28. The number of hydrogen-bond acceptors (Lipinski definition) is 1. The molecule has 1 aliphatic carbocycles. The van der Waals surface area contributed by atoms with Gasteiger partial charge in [-0.25, -0.2) is 0 Å². The van der Waals surface area contributed by atoms with Crippen molar-refractivity contribution < 1.29 is 0 Å². The van der Waals surface area contributed by atoms with Gasteiger partial charge in [-0.15, -0.1) is 0 Å². The van der Waals surface area contributed by atoms with Gasteiger partial charge < -0.3 is 5.73 Å². The van der Waals surface area contributed by atoms with Gasteiger partial charge >= 0.3 is 0 Å². The average Bonchev–Trinajstić information content (AvgIpc) is 2.82. The maximum atomic E-state index is 5.97. The van der Waals surface area contributed by atoms with Crippen LogP contribution in [-0.4, -0.2) is 0 Å². The first-order valence-electron chi connectivity index (χ1n) is 6.88. The molecule has 3 aromatic carbocycles. The van der Waals surface area contributed by atoms with E-state index in [-0.39, 0.29) is 0 Å². The molecule has 0 radical (unpaired) electrons. The number of rotatable bonds is 1. The van der Waals surface area contributed by atoms with Gasteiger partial charge in [0, 0.05) is 11.6 Å². The lowest BCUT2D eigenvalue weighted by atomic mass is 9.89. The van der Waals surface area contributed by atoms with Crippen LogP contribution in [0, 0.1) is 0 Å². The molecule has 0 saturated carbocycles. The maximum absolute atomic E-state index is 5.97. The minimum absolute atomic E-state index is 0.322. The predicted molar refractivity (Wildman–Crippen MR) is 83.7 cm³/mol. The molecular weight excluding hydrogens is 242 g/mol. The fourth-order valence-corrected chi connectivity index (χ4v) is 3.23. The summed E-state index contributed by atoms with van der Waals surface area (Å²) in [5, 5.41) is 0. The van der Waals surface area contributed by atoms with Gasteiger partial charge in [0.05, 0.1) is 0 Å². The summed E-state index contributed by atoms with van der Waals surface area (Å²) in [4.78, 5) is 0. The fourth-order valence-electron chi connectivity index (χ4n) is 3.23.